The van der Waals surface area contributed by atoms with Crippen molar-refractivity contribution < 1.29 is 88.5 Å². The molecule has 49 valence electrons. The smallest absolute Gasteiger partial charge is 0.151 e. The van der Waals surface area contributed by atoms with Gasteiger partial charge in [0.25, 0.3) is 0 Å². The summed E-state index contributed by atoms with van der Waals surface area (Å²) in [5, 5.41) is 0. The molecule has 0 unspecified atom stereocenters. The van der Waals surface area contributed by atoms with E-state index < -0.39 is 0 Å². The van der Waals surface area contributed by atoms with Gasteiger partial charge in [-0.25, -0.2) is 0 Å². The van der Waals surface area contributed by atoms with Crippen molar-refractivity contribution in [1.82, 2.24) is 0 Å². The SMILES string of the molecule is CP=O.[CH2-]C[CH2-].[V].[Y].[Y]. The summed E-state index contributed by atoms with van der Waals surface area (Å²) in [6.07, 6.45) is 0.750. The molecule has 0 rings (SSSR count). The van der Waals surface area contributed by atoms with Crippen LogP contribution in [0.3, 0.4) is 0 Å². The standard InChI is InChI=1S/C3H6.CH3OP.V.2Y/c2*1-3-2;;;/h1-3H2;1H3;;;/q-2;;;;. The van der Waals surface area contributed by atoms with E-state index in [0.29, 0.717) is 0 Å². The summed E-state index contributed by atoms with van der Waals surface area (Å²) < 4.78 is 8.90. The van der Waals surface area contributed by atoms with Gasteiger partial charge >= 0.3 is 0 Å². The van der Waals surface area contributed by atoms with Gasteiger partial charge in [0, 0.05) is 90.6 Å². The van der Waals surface area contributed by atoms with Crippen LogP contribution in [0.4, 0.5) is 0 Å². The Kier molecular flexibility index (Phi) is 147. The molecule has 0 heterocycles. The van der Waals surface area contributed by atoms with Crippen molar-refractivity contribution >= 4 is 8.46 Å². The molecule has 0 bridgehead atoms. The van der Waals surface area contributed by atoms with Crippen LogP contribution in [0.1, 0.15) is 6.42 Å². The first kappa shape index (κ1) is 29.7. The van der Waals surface area contributed by atoms with Gasteiger partial charge in [-0.2, -0.15) is 0 Å². The normalized spacial score (nSPS) is 4.33. The van der Waals surface area contributed by atoms with Gasteiger partial charge in [0.15, 0.2) is 8.46 Å². The molecule has 1 nitrogen and oxygen atoms in total. The van der Waals surface area contributed by atoms with Gasteiger partial charge in [-0.05, 0) is 0 Å². The zero-order chi connectivity index (χ0) is 5.41. The molecular weight excluding hydrogens is 324 g/mol. The van der Waals surface area contributed by atoms with Crippen molar-refractivity contribution in [2.75, 3.05) is 6.66 Å². The fraction of sp³-hybridized carbons (Fsp3) is 0.500. The van der Waals surface area contributed by atoms with E-state index in [1.165, 1.54) is 0 Å². The summed E-state index contributed by atoms with van der Waals surface area (Å²) in [6, 6.07) is 0. The average Bonchev–Trinajstić information content (AvgIpc) is 1.39. The van der Waals surface area contributed by atoms with E-state index in [1.807, 2.05) is 0 Å². The molecule has 0 aromatic carbocycles. The second-order valence-corrected chi connectivity index (χ2v) is 0.901. The molecule has 0 aliphatic rings. The third-order valence-corrected chi connectivity index (χ3v) is 0. The van der Waals surface area contributed by atoms with E-state index in [9.17, 15) is 0 Å². The average molecular weight is 333 g/mol. The largest absolute Gasteiger partial charge is 0.372 e. The Morgan fingerprint density at radius 2 is 1.33 bits per heavy atom. The molecule has 0 aliphatic heterocycles. The molecule has 0 aromatic rings. The van der Waals surface area contributed by atoms with E-state index in [2.05, 4.69) is 13.8 Å². The van der Waals surface area contributed by atoms with Crippen LogP contribution in [0.25, 0.3) is 0 Å². The Morgan fingerprint density at radius 1 is 1.33 bits per heavy atom. The van der Waals surface area contributed by atoms with E-state index in [-0.39, 0.29) is 92.4 Å². The van der Waals surface area contributed by atoms with Crippen LogP contribution in [-0.4, -0.2) is 6.66 Å². The van der Waals surface area contributed by atoms with Crippen molar-refractivity contribution in [3.63, 3.8) is 0 Å². The summed E-state index contributed by atoms with van der Waals surface area (Å²) in [7, 11) is 0.167. The molecule has 0 saturated heterocycles. The fourth-order valence-electron chi connectivity index (χ4n) is 0. The van der Waals surface area contributed by atoms with Crippen LogP contribution in [-0.2, 0) is 88.5 Å². The predicted molar refractivity (Wildman–Crippen MR) is 28.9 cm³/mol. The van der Waals surface area contributed by atoms with E-state index in [4.69, 9.17) is 4.57 Å². The fourth-order valence-corrected chi connectivity index (χ4v) is 0. The zero-order valence-corrected chi connectivity index (χ0v) is 13.5. The van der Waals surface area contributed by atoms with E-state index in [1.54, 1.807) is 6.66 Å². The maximum atomic E-state index is 8.90. The first-order valence-electron chi connectivity index (χ1n) is 1.63. The quantitative estimate of drug-likeness (QED) is 0.489. The molecule has 3 radical (unpaired) electrons. The molecular formula is C4H9OPVY2-2. The Labute approximate surface area is 122 Å². The van der Waals surface area contributed by atoms with Crippen LogP contribution in [0, 0.1) is 13.8 Å². The van der Waals surface area contributed by atoms with Crippen molar-refractivity contribution in [3.8, 4) is 0 Å². The molecule has 0 spiro atoms. The van der Waals surface area contributed by atoms with Gasteiger partial charge in [-0.15, -0.1) is 0 Å². The minimum absolute atomic E-state index is 0. The van der Waals surface area contributed by atoms with Gasteiger partial charge in [0.05, 0.1) is 0 Å². The van der Waals surface area contributed by atoms with Gasteiger partial charge in [0.1, 0.15) is 0 Å². The van der Waals surface area contributed by atoms with Crippen LogP contribution in [0.5, 0.6) is 0 Å². The summed E-state index contributed by atoms with van der Waals surface area (Å²) in [5.74, 6) is 0. The molecule has 0 saturated carbocycles. The Hall–Kier alpha value is 2.89. The van der Waals surface area contributed by atoms with Gasteiger partial charge in [-0.3, -0.25) is 4.57 Å². The maximum absolute atomic E-state index is 8.90. The van der Waals surface area contributed by atoms with E-state index in [0.717, 1.165) is 6.42 Å². The molecule has 0 amide bonds. The monoisotopic (exact) mass is 333 g/mol. The molecule has 0 N–H and O–H groups in total. The summed E-state index contributed by atoms with van der Waals surface area (Å²) >= 11 is 0. The zero-order valence-electron chi connectivity index (χ0n) is 5.58. The van der Waals surface area contributed by atoms with Crippen LogP contribution >= 0.6 is 8.46 Å². The number of rotatable bonds is 0. The van der Waals surface area contributed by atoms with Crippen LogP contribution < -0.4 is 0 Å². The molecule has 0 atom stereocenters. The van der Waals surface area contributed by atoms with Crippen molar-refractivity contribution in [2.24, 2.45) is 0 Å². The van der Waals surface area contributed by atoms with Gasteiger partial charge < -0.3 is 20.3 Å². The molecule has 0 aromatic heterocycles. The molecule has 0 fully saturated rings. The van der Waals surface area contributed by atoms with Crippen molar-refractivity contribution in [1.29, 1.82) is 0 Å². The van der Waals surface area contributed by atoms with E-state index >= 15 is 0 Å². The minimum Gasteiger partial charge on any atom is -0.372 e. The predicted octanol–water partition coefficient (Wildman–Crippen LogP) is 1.95. The van der Waals surface area contributed by atoms with Crippen LogP contribution in [0.2, 0.25) is 0 Å². The molecule has 0 aliphatic carbocycles. The second kappa shape index (κ2) is 44.5. The number of hydrogen-bond donors (Lipinski definition) is 0. The third-order valence-electron chi connectivity index (χ3n) is 0. The third kappa shape index (κ3) is 103. The summed E-state index contributed by atoms with van der Waals surface area (Å²) in [4.78, 5) is 0. The minimum atomic E-state index is 0. The second-order valence-electron chi connectivity index (χ2n) is 0.536. The molecule has 9 heavy (non-hydrogen) atoms. The maximum Gasteiger partial charge on any atom is 0.151 e. The first-order valence-corrected chi connectivity index (χ1v) is 2.89. The van der Waals surface area contributed by atoms with Crippen LogP contribution in [0.15, 0.2) is 0 Å². The van der Waals surface area contributed by atoms with Gasteiger partial charge in [-0.1, -0.05) is 0 Å². The van der Waals surface area contributed by atoms with Crippen molar-refractivity contribution in [3.05, 3.63) is 13.8 Å². The summed E-state index contributed by atoms with van der Waals surface area (Å²) in [6.45, 7) is 8.29. The summed E-state index contributed by atoms with van der Waals surface area (Å²) in [5.41, 5.74) is 0. The Bertz CT molecular complexity index is 32.5. The molecule has 5 heteroatoms. The number of hydrogen-bond acceptors (Lipinski definition) is 1. The Balaban J connectivity index is -0.00000000889. The first-order chi connectivity index (χ1) is 2.83. The Morgan fingerprint density at radius 3 is 1.33 bits per heavy atom. The topological polar surface area (TPSA) is 17.1 Å². The van der Waals surface area contributed by atoms with Gasteiger partial charge in [0.2, 0.25) is 0 Å². The van der Waals surface area contributed by atoms with Crippen molar-refractivity contribution in [2.45, 2.75) is 6.42 Å².